The number of carboxylic acid groups (broad SMARTS) is 1. The molecule has 19 atom stereocenters. The highest BCUT2D eigenvalue weighted by Gasteiger charge is 2.51. The average Bonchev–Trinajstić information content (AvgIpc) is 3.21. The molecule has 2 saturated heterocycles. The Labute approximate surface area is 381 Å². The number of aliphatic carboxylic acids is 1. The molecule has 18 heteroatoms. The van der Waals surface area contributed by atoms with Crippen molar-refractivity contribution in [3.8, 4) is 0 Å². The minimum atomic E-state index is -2.35. The number of hydrogen-bond donors (Lipinski definition) is 12. The Bertz CT molecular complexity index is 1620. The second-order valence-corrected chi connectivity index (χ2v) is 17.8. The number of allylic oxidation sites excluding steroid dienone is 10. The molecule has 3 aliphatic rings. The van der Waals surface area contributed by atoms with Gasteiger partial charge in [-0.2, -0.15) is 0 Å². The predicted octanol–water partition coefficient (Wildman–Crippen LogP) is 0.936. The number of nitrogens with two attached hydrogens (primary N) is 1. The summed E-state index contributed by atoms with van der Waals surface area (Å²) in [6.07, 6.45) is 2.28. The quantitative estimate of drug-likeness (QED) is 0.175. The summed E-state index contributed by atoms with van der Waals surface area (Å²) >= 11 is 0. The number of ether oxygens (including phenoxy) is 4. The lowest BCUT2D eigenvalue weighted by atomic mass is 9.82. The summed E-state index contributed by atoms with van der Waals surface area (Å²) in [4.78, 5) is 25.1. The van der Waals surface area contributed by atoms with E-state index in [0.29, 0.717) is 0 Å². The zero-order valence-corrected chi connectivity index (χ0v) is 37.8. The maximum atomic E-state index is 12.6. The van der Waals surface area contributed by atoms with Gasteiger partial charge in [0.05, 0.1) is 79.6 Å². The third-order valence-electron chi connectivity index (χ3n) is 12.2. The number of carbonyl (C=O) groups is 2. The first kappa shape index (κ1) is 56.1. The summed E-state index contributed by atoms with van der Waals surface area (Å²) in [7, 11) is 0. The van der Waals surface area contributed by atoms with Gasteiger partial charge >= 0.3 is 11.9 Å². The summed E-state index contributed by atoms with van der Waals surface area (Å²) in [5.74, 6) is -6.82. The van der Waals surface area contributed by atoms with Crippen molar-refractivity contribution in [1.82, 2.24) is 0 Å². The SMILES string of the molecule is CC1/C=C/C=C/CC/C=C/C=C/C=C/C=C/C(OC2OC(C)C(O)C(N)C2O)CC2OC(O)(CC(O)C(O)CCC(O)CC(O)CC(O)CC(=O)OC(C)C(C)C1O)CC(O)C2C(=O)O. The molecule has 0 radical (unpaired) electrons. The molecule has 19 unspecified atom stereocenters. The minimum Gasteiger partial charge on any atom is -0.481 e. The molecule has 0 amide bonds. The monoisotopic (exact) mass is 926 g/mol. The lowest BCUT2D eigenvalue weighted by molar-refractivity contribution is -0.310. The second kappa shape index (κ2) is 27.6. The largest absolute Gasteiger partial charge is 0.481 e. The Kier molecular flexibility index (Phi) is 23.8. The Balaban J connectivity index is 1.84. The normalized spacial score (nSPS) is 45.2. The van der Waals surface area contributed by atoms with E-state index in [2.05, 4.69) is 0 Å². The fraction of sp³-hybridized carbons (Fsp3) is 0.702. The highest BCUT2D eigenvalue weighted by molar-refractivity contribution is 5.71. The molecule has 3 heterocycles. The van der Waals surface area contributed by atoms with Gasteiger partial charge in [-0.3, -0.25) is 9.59 Å². The van der Waals surface area contributed by atoms with Crippen LogP contribution >= 0.6 is 0 Å². The van der Waals surface area contributed by atoms with E-state index in [-0.39, 0.29) is 38.0 Å². The molecule has 3 aliphatic heterocycles. The molecule has 2 bridgehead atoms. The minimum absolute atomic E-state index is 0.138. The van der Waals surface area contributed by atoms with E-state index in [1.807, 2.05) is 49.5 Å². The van der Waals surface area contributed by atoms with Gasteiger partial charge in [-0.15, -0.1) is 0 Å². The van der Waals surface area contributed by atoms with E-state index < -0.39 is 141 Å². The molecule has 3 rings (SSSR count). The molecule has 18 nitrogen and oxygen atoms in total. The molecule has 2 fully saturated rings. The van der Waals surface area contributed by atoms with Crippen LogP contribution in [-0.2, 0) is 28.5 Å². The van der Waals surface area contributed by atoms with Crippen LogP contribution in [0.3, 0.4) is 0 Å². The van der Waals surface area contributed by atoms with Crippen LogP contribution in [-0.4, -0.2) is 166 Å². The summed E-state index contributed by atoms with van der Waals surface area (Å²) in [5, 5.41) is 118. The van der Waals surface area contributed by atoms with E-state index in [1.54, 1.807) is 38.2 Å². The number of esters is 1. The molecule has 0 saturated carbocycles. The number of carboxylic acids is 1. The molecule has 13 N–H and O–H groups in total. The molecule has 65 heavy (non-hydrogen) atoms. The Morgan fingerprint density at radius 2 is 1.28 bits per heavy atom. The molecule has 0 aliphatic carbocycles. The third-order valence-corrected chi connectivity index (χ3v) is 12.2. The van der Waals surface area contributed by atoms with Crippen molar-refractivity contribution in [2.24, 2.45) is 23.5 Å². The van der Waals surface area contributed by atoms with Crippen molar-refractivity contribution in [2.75, 3.05) is 0 Å². The Hall–Kier alpha value is -3.18. The van der Waals surface area contributed by atoms with Crippen LogP contribution in [0.25, 0.3) is 0 Å². The lowest BCUT2D eigenvalue weighted by Gasteiger charge is -2.45. The molecule has 0 spiro atoms. The highest BCUT2D eigenvalue weighted by Crippen LogP contribution is 2.38. The summed E-state index contributed by atoms with van der Waals surface area (Å²) in [6, 6.07) is -1.14. The fourth-order valence-corrected chi connectivity index (χ4v) is 8.11. The van der Waals surface area contributed by atoms with Gasteiger partial charge in [0.25, 0.3) is 0 Å². The van der Waals surface area contributed by atoms with Crippen molar-refractivity contribution >= 4 is 11.9 Å². The van der Waals surface area contributed by atoms with Crippen LogP contribution in [0.5, 0.6) is 0 Å². The average molecular weight is 926 g/mol. The lowest BCUT2D eigenvalue weighted by Crippen LogP contribution is -2.61. The topological polar surface area (TPSA) is 320 Å². The van der Waals surface area contributed by atoms with Crippen LogP contribution in [0.1, 0.15) is 91.9 Å². The van der Waals surface area contributed by atoms with E-state index >= 15 is 0 Å². The van der Waals surface area contributed by atoms with Crippen LogP contribution in [0.4, 0.5) is 0 Å². The highest BCUT2D eigenvalue weighted by atomic mass is 16.7. The molecular formula is C47H75NO17. The summed E-state index contributed by atoms with van der Waals surface area (Å²) in [6.45, 7) is 6.78. The predicted molar refractivity (Wildman–Crippen MR) is 237 cm³/mol. The van der Waals surface area contributed by atoms with Crippen molar-refractivity contribution < 1.29 is 84.7 Å². The number of aliphatic hydroxyl groups excluding tert-OH is 9. The van der Waals surface area contributed by atoms with Crippen molar-refractivity contribution in [3.63, 3.8) is 0 Å². The van der Waals surface area contributed by atoms with E-state index in [9.17, 15) is 65.8 Å². The second-order valence-electron chi connectivity index (χ2n) is 17.8. The van der Waals surface area contributed by atoms with Crippen molar-refractivity contribution in [2.45, 2.75) is 189 Å². The Morgan fingerprint density at radius 1 is 0.692 bits per heavy atom. The van der Waals surface area contributed by atoms with Gasteiger partial charge in [0.15, 0.2) is 12.1 Å². The van der Waals surface area contributed by atoms with Gasteiger partial charge in [0, 0.05) is 31.1 Å². The van der Waals surface area contributed by atoms with E-state index in [4.69, 9.17) is 24.7 Å². The number of carbonyl (C=O) groups excluding carboxylic acids is 1. The maximum absolute atomic E-state index is 12.6. The van der Waals surface area contributed by atoms with Crippen LogP contribution in [0.15, 0.2) is 72.9 Å². The third kappa shape index (κ3) is 18.8. The fourth-order valence-electron chi connectivity index (χ4n) is 8.11. The zero-order valence-electron chi connectivity index (χ0n) is 37.8. The van der Waals surface area contributed by atoms with Crippen molar-refractivity contribution in [3.05, 3.63) is 72.9 Å². The smallest absolute Gasteiger partial charge is 0.311 e. The van der Waals surface area contributed by atoms with E-state index in [0.717, 1.165) is 12.8 Å². The number of rotatable bonds is 3. The number of aliphatic hydroxyl groups is 10. The Morgan fingerprint density at radius 3 is 1.94 bits per heavy atom. The van der Waals surface area contributed by atoms with Crippen LogP contribution in [0.2, 0.25) is 0 Å². The first-order valence-corrected chi connectivity index (χ1v) is 22.6. The number of hydrogen-bond acceptors (Lipinski definition) is 17. The van der Waals surface area contributed by atoms with Crippen LogP contribution in [0, 0.1) is 17.8 Å². The number of cyclic esters (lactones) is 1. The first-order chi connectivity index (χ1) is 30.6. The summed E-state index contributed by atoms with van der Waals surface area (Å²) in [5.41, 5.74) is 6.02. The number of fused-ring (bicyclic) bond motifs is 2. The molecule has 0 aromatic heterocycles. The van der Waals surface area contributed by atoms with E-state index in [1.165, 1.54) is 13.0 Å². The van der Waals surface area contributed by atoms with Gasteiger partial charge in [0.1, 0.15) is 18.1 Å². The van der Waals surface area contributed by atoms with Gasteiger partial charge in [-0.05, 0) is 52.4 Å². The first-order valence-electron chi connectivity index (χ1n) is 22.6. The van der Waals surface area contributed by atoms with Gasteiger partial charge in [-0.25, -0.2) is 0 Å². The van der Waals surface area contributed by atoms with Gasteiger partial charge in [0.2, 0.25) is 0 Å². The molecule has 0 aromatic rings. The molecule has 370 valence electrons. The maximum Gasteiger partial charge on any atom is 0.311 e. The molecular weight excluding hydrogens is 851 g/mol. The van der Waals surface area contributed by atoms with Crippen molar-refractivity contribution in [1.29, 1.82) is 0 Å². The molecule has 0 aromatic carbocycles. The van der Waals surface area contributed by atoms with Gasteiger partial charge < -0.3 is 80.9 Å². The van der Waals surface area contributed by atoms with Crippen LogP contribution < -0.4 is 5.73 Å². The zero-order chi connectivity index (χ0) is 48.4. The summed E-state index contributed by atoms with van der Waals surface area (Å²) < 4.78 is 23.2. The standard InChI is InChI=1S/C47H75NO17/c1-27-17-15-13-11-9-7-5-6-8-10-12-14-16-18-34(64-46-44(58)41(48)43(57)30(4)63-46)24-38-40(45(59)60)37(54)26-47(61,65-38)25-36(53)35(52)20-19-31(49)21-32(50)22-33(51)23-39(55)62-29(3)28(2)42(27)56/h5-6,8,10-18,27-38,40-44,46,49-54,56-58,61H,7,9,19-26,48H2,1-4H3,(H,59,60)/b6-5+,10-8+,13-11+,14-12+,17-15+,18-16+. The van der Waals surface area contributed by atoms with Gasteiger partial charge in [-0.1, -0.05) is 86.8 Å².